The van der Waals surface area contributed by atoms with Gasteiger partial charge in [0.1, 0.15) is 0 Å². The van der Waals surface area contributed by atoms with E-state index in [2.05, 4.69) is 57.3 Å². The molecule has 1 aliphatic heterocycles. The summed E-state index contributed by atoms with van der Waals surface area (Å²) in [5.41, 5.74) is 2.61. The monoisotopic (exact) mass is 277 g/mol. The highest BCUT2D eigenvalue weighted by Gasteiger charge is 2.23. The number of rotatable bonds is 5. The number of benzene rings is 1. The van der Waals surface area contributed by atoms with Crippen LogP contribution in [0.2, 0.25) is 0 Å². The number of nitrogens with one attached hydrogen (secondary N) is 1. The van der Waals surface area contributed by atoms with Gasteiger partial charge in [0, 0.05) is 18.7 Å². The third kappa shape index (κ3) is 4.89. The van der Waals surface area contributed by atoms with Crippen molar-refractivity contribution in [2.45, 2.75) is 51.9 Å². The number of aryl methyl sites for hydroxylation is 1. The molecule has 2 rings (SSSR count). The highest BCUT2D eigenvalue weighted by atomic mass is 16.6. The lowest BCUT2D eigenvalue weighted by Crippen LogP contribution is -2.39. The fourth-order valence-electron chi connectivity index (χ4n) is 2.37. The SMILES string of the molecule is Cc1cccc(C(CNC(C)(C)C)OC2CCOC2)c1. The van der Waals surface area contributed by atoms with Gasteiger partial charge in [0.15, 0.2) is 0 Å². The van der Waals surface area contributed by atoms with Crippen molar-refractivity contribution < 1.29 is 9.47 Å². The Morgan fingerprint density at radius 1 is 1.40 bits per heavy atom. The van der Waals surface area contributed by atoms with Gasteiger partial charge in [-0.15, -0.1) is 0 Å². The van der Waals surface area contributed by atoms with Gasteiger partial charge in [-0.25, -0.2) is 0 Å². The lowest BCUT2D eigenvalue weighted by atomic mass is 10.0. The van der Waals surface area contributed by atoms with Gasteiger partial charge in [-0.05, 0) is 39.7 Å². The topological polar surface area (TPSA) is 30.5 Å². The van der Waals surface area contributed by atoms with Crippen molar-refractivity contribution in [3.63, 3.8) is 0 Å². The van der Waals surface area contributed by atoms with Crippen molar-refractivity contribution >= 4 is 0 Å². The van der Waals surface area contributed by atoms with Gasteiger partial charge in [-0.2, -0.15) is 0 Å². The summed E-state index contributed by atoms with van der Waals surface area (Å²) in [7, 11) is 0. The van der Waals surface area contributed by atoms with Crippen molar-refractivity contribution in [2.24, 2.45) is 0 Å². The highest BCUT2D eigenvalue weighted by Crippen LogP contribution is 2.23. The lowest BCUT2D eigenvalue weighted by Gasteiger charge is -2.27. The van der Waals surface area contributed by atoms with Crippen LogP contribution in [0.5, 0.6) is 0 Å². The van der Waals surface area contributed by atoms with Crippen molar-refractivity contribution in [1.82, 2.24) is 5.32 Å². The molecule has 1 saturated heterocycles. The molecule has 1 aromatic carbocycles. The second-order valence-corrected chi connectivity index (χ2v) is 6.66. The van der Waals surface area contributed by atoms with E-state index in [1.165, 1.54) is 11.1 Å². The predicted molar refractivity (Wildman–Crippen MR) is 82.0 cm³/mol. The second kappa shape index (κ2) is 6.70. The minimum absolute atomic E-state index is 0.0841. The smallest absolute Gasteiger partial charge is 0.0954 e. The molecule has 20 heavy (non-hydrogen) atoms. The van der Waals surface area contributed by atoms with Crippen LogP contribution in [0.4, 0.5) is 0 Å². The summed E-state index contributed by atoms with van der Waals surface area (Å²) < 4.78 is 11.7. The van der Waals surface area contributed by atoms with Gasteiger partial charge in [-0.3, -0.25) is 0 Å². The maximum Gasteiger partial charge on any atom is 0.0954 e. The molecule has 0 saturated carbocycles. The Morgan fingerprint density at radius 3 is 2.80 bits per heavy atom. The third-order valence-corrected chi connectivity index (χ3v) is 3.48. The Kier molecular flexibility index (Phi) is 5.19. The van der Waals surface area contributed by atoms with Crippen LogP contribution in [-0.4, -0.2) is 31.4 Å². The molecule has 0 amide bonds. The Balaban J connectivity index is 2.06. The van der Waals surface area contributed by atoms with E-state index in [-0.39, 0.29) is 17.7 Å². The van der Waals surface area contributed by atoms with Gasteiger partial charge in [0.25, 0.3) is 0 Å². The summed E-state index contributed by atoms with van der Waals surface area (Å²) in [5, 5.41) is 3.55. The predicted octanol–water partition coefficient (Wildman–Crippen LogP) is 3.23. The summed E-state index contributed by atoms with van der Waals surface area (Å²) in [5.74, 6) is 0. The summed E-state index contributed by atoms with van der Waals surface area (Å²) in [6.45, 7) is 11.0. The lowest BCUT2D eigenvalue weighted by molar-refractivity contribution is -0.0188. The van der Waals surface area contributed by atoms with E-state index in [4.69, 9.17) is 9.47 Å². The van der Waals surface area contributed by atoms with Gasteiger partial charge in [0.05, 0.1) is 18.8 Å². The summed E-state index contributed by atoms with van der Waals surface area (Å²) in [4.78, 5) is 0. The Bertz CT molecular complexity index is 419. The number of ether oxygens (including phenoxy) is 2. The average molecular weight is 277 g/mol. The van der Waals surface area contributed by atoms with Gasteiger partial charge < -0.3 is 14.8 Å². The first-order valence-corrected chi connectivity index (χ1v) is 7.49. The van der Waals surface area contributed by atoms with E-state index in [0.717, 1.165) is 26.2 Å². The van der Waals surface area contributed by atoms with Gasteiger partial charge in [-0.1, -0.05) is 29.8 Å². The van der Waals surface area contributed by atoms with E-state index >= 15 is 0 Å². The minimum Gasteiger partial charge on any atom is -0.379 e. The number of hydrogen-bond acceptors (Lipinski definition) is 3. The van der Waals surface area contributed by atoms with Crippen LogP contribution < -0.4 is 5.32 Å². The second-order valence-electron chi connectivity index (χ2n) is 6.66. The van der Waals surface area contributed by atoms with E-state index in [0.29, 0.717) is 0 Å². The molecule has 1 aromatic rings. The summed E-state index contributed by atoms with van der Waals surface area (Å²) in [6, 6.07) is 8.59. The molecule has 1 heterocycles. The Labute approximate surface area is 122 Å². The Hall–Kier alpha value is -0.900. The largest absolute Gasteiger partial charge is 0.379 e. The third-order valence-electron chi connectivity index (χ3n) is 3.48. The normalized spacial score (nSPS) is 21.1. The molecule has 0 bridgehead atoms. The van der Waals surface area contributed by atoms with Crippen LogP contribution in [0.25, 0.3) is 0 Å². The molecule has 3 heteroatoms. The van der Waals surface area contributed by atoms with Gasteiger partial charge >= 0.3 is 0 Å². The molecule has 112 valence electrons. The van der Waals surface area contributed by atoms with E-state index < -0.39 is 0 Å². The zero-order valence-electron chi connectivity index (χ0n) is 13.1. The van der Waals surface area contributed by atoms with Crippen molar-refractivity contribution in [1.29, 1.82) is 0 Å². The van der Waals surface area contributed by atoms with Crippen LogP contribution >= 0.6 is 0 Å². The van der Waals surface area contributed by atoms with E-state index in [1.807, 2.05) is 0 Å². The molecule has 0 aromatic heterocycles. The highest BCUT2D eigenvalue weighted by molar-refractivity contribution is 5.24. The molecular weight excluding hydrogens is 250 g/mol. The van der Waals surface area contributed by atoms with Crippen molar-refractivity contribution in [3.8, 4) is 0 Å². The van der Waals surface area contributed by atoms with Crippen LogP contribution in [0.15, 0.2) is 24.3 Å². The first-order valence-electron chi connectivity index (χ1n) is 7.49. The molecule has 2 atom stereocenters. The first kappa shape index (κ1) is 15.5. The maximum atomic E-state index is 6.26. The van der Waals surface area contributed by atoms with Crippen LogP contribution in [0.1, 0.15) is 44.4 Å². The Morgan fingerprint density at radius 2 is 2.20 bits per heavy atom. The molecule has 0 aliphatic carbocycles. The van der Waals surface area contributed by atoms with E-state index in [9.17, 15) is 0 Å². The molecular formula is C17H27NO2. The fraction of sp³-hybridized carbons (Fsp3) is 0.647. The molecule has 2 unspecified atom stereocenters. The van der Waals surface area contributed by atoms with Crippen LogP contribution in [-0.2, 0) is 9.47 Å². The minimum atomic E-state index is 0.0841. The summed E-state index contributed by atoms with van der Waals surface area (Å²) in [6.07, 6.45) is 1.31. The number of hydrogen-bond donors (Lipinski definition) is 1. The molecule has 0 spiro atoms. The zero-order valence-corrected chi connectivity index (χ0v) is 13.1. The molecule has 3 nitrogen and oxygen atoms in total. The quantitative estimate of drug-likeness (QED) is 0.896. The summed E-state index contributed by atoms with van der Waals surface area (Å²) >= 11 is 0. The first-order chi connectivity index (χ1) is 9.44. The van der Waals surface area contributed by atoms with E-state index in [1.54, 1.807) is 0 Å². The van der Waals surface area contributed by atoms with Crippen molar-refractivity contribution in [2.75, 3.05) is 19.8 Å². The van der Waals surface area contributed by atoms with Crippen LogP contribution in [0.3, 0.4) is 0 Å². The molecule has 1 fully saturated rings. The molecule has 1 aliphatic rings. The van der Waals surface area contributed by atoms with Crippen molar-refractivity contribution in [3.05, 3.63) is 35.4 Å². The molecule has 1 N–H and O–H groups in total. The van der Waals surface area contributed by atoms with Gasteiger partial charge in [0.2, 0.25) is 0 Å². The molecule has 0 radical (unpaired) electrons. The maximum absolute atomic E-state index is 6.26. The standard InChI is InChI=1S/C17H27NO2/c1-13-6-5-7-14(10-13)16(11-18-17(2,3)4)20-15-8-9-19-12-15/h5-7,10,15-16,18H,8-9,11-12H2,1-4H3. The fourth-order valence-corrected chi connectivity index (χ4v) is 2.37. The average Bonchev–Trinajstić information content (AvgIpc) is 2.86. The van der Waals surface area contributed by atoms with Crippen LogP contribution in [0, 0.1) is 6.92 Å². The zero-order chi connectivity index (χ0) is 14.6.